The van der Waals surface area contributed by atoms with Gasteiger partial charge in [-0.05, 0) is 52.9 Å². The fourth-order valence-electron chi connectivity index (χ4n) is 3.02. The lowest BCUT2D eigenvalue weighted by Crippen LogP contribution is -2.49. The molecule has 7 nitrogen and oxygen atoms in total. The van der Waals surface area contributed by atoms with Gasteiger partial charge in [-0.15, -0.1) is 0 Å². The molecule has 0 saturated heterocycles. The van der Waals surface area contributed by atoms with Crippen molar-refractivity contribution in [2.75, 3.05) is 6.61 Å². The van der Waals surface area contributed by atoms with Gasteiger partial charge in [0, 0.05) is 0 Å². The van der Waals surface area contributed by atoms with E-state index in [0.29, 0.717) is 18.6 Å². The SMILES string of the molecule is CCc1ccc(OCC(=O)NNC(=O)[C@@H]2CCCC[C@@H]2C(=O)O)c(Br)c1. The highest BCUT2D eigenvalue weighted by Gasteiger charge is 2.35. The first-order valence-electron chi connectivity index (χ1n) is 8.65. The first kappa shape index (κ1) is 20.2. The molecule has 0 bridgehead atoms. The van der Waals surface area contributed by atoms with Gasteiger partial charge in [0.2, 0.25) is 5.91 Å². The molecule has 1 saturated carbocycles. The van der Waals surface area contributed by atoms with Gasteiger partial charge >= 0.3 is 5.97 Å². The summed E-state index contributed by atoms with van der Waals surface area (Å²) in [6.45, 7) is 1.77. The summed E-state index contributed by atoms with van der Waals surface area (Å²) >= 11 is 3.39. The van der Waals surface area contributed by atoms with Gasteiger partial charge < -0.3 is 9.84 Å². The molecule has 1 aliphatic rings. The van der Waals surface area contributed by atoms with Crippen LogP contribution in [0.3, 0.4) is 0 Å². The third-order valence-corrected chi connectivity index (χ3v) is 5.13. The first-order valence-corrected chi connectivity index (χ1v) is 9.44. The van der Waals surface area contributed by atoms with Crippen LogP contribution in [0.25, 0.3) is 0 Å². The Morgan fingerprint density at radius 2 is 1.88 bits per heavy atom. The summed E-state index contributed by atoms with van der Waals surface area (Å²) in [4.78, 5) is 35.3. The van der Waals surface area contributed by atoms with Crippen molar-refractivity contribution in [1.29, 1.82) is 0 Å². The smallest absolute Gasteiger partial charge is 0.307 e. The topological polar surface area (TPSA) is 105 Å². The van der Waals surface area contributed by atoms with E-state index in [4.69, 9.17) is 4.74 Å². The molecule has 2 amide bonds. The van der Waals surface area contributed by atoms with Gasteiger partial charge in [-0.3, -0.25) is 25.2 Å². The number of hydrazine groups is 1. The largest absolute Gasteiger partial charge is 0.483 e. The molecule has 2 atom stereocenters. The number of halogens is 1. The molecule has 1 aromatic carbocycles. The first-order chi connectivity index (χ1) is 12.4. The molecule has 0 spiro atoms. The lowest BCUT2D eigenvalue weighted by atomic mass is 9.79. The Morgan fingerprint density at radius 3 is 2.50 bits per heavy atom. The summed E-state index contributed by atoms with van der Waals surface area (Å²) in [5, 5.41) is 9.22. The van der Waals surface area contributed by atoms with Crippen molar-refractivity contribution in [3.8, 4) is 5.75 Å². The second kappa shape index (κ2) is 9.56. The van der Waals surface area contributed by atoms with Crippen molar-refractivity contribution >= 4 is 33.7 Å². The van der Waals surface area contributed by atoms with E-state index in [1.807, 2.05) is 19.1 Å². The number of carboxylic acids is 1. The minimum atomic E-state index is -0.972. The van der Waals surface area contributed by atoms with Crippen molar-refractivity contribution in [2.24, 2.45) is 11.8 Å². The maximum atomic E-state index is 12.2. The molecule has 142 valence electrons. The van der Waals surface area contributed by atoms with E-state index in [2.05, 4.69) is 26.8 Å². The van der Waals surface area contributed by atoms with Crippen LogP contribution in [0.1, 0.15) is 38.2 Å². The van der Waals surface area contributed by atoms with Crippen molar-refractivity contribution < 1.29 is 24.2 Å². The van der Waals surface area contributed by atoms with Crippen molar-refractivity contribution in [2.45, 2.75) is 39.0 Å². The van der Waals surface area contributed by atoms with Gasteiger partial charge in [-0.25, -0.2) is 0 Å². The van der Waals surface area contributed by atoms with E-state index in [-0.39, 0.29) is 6.61 Å². The predicted molar refractivity (Wildman–Crippen MR) is 98.4 cm³/mol. The van der Waals surface area contributed by atoms with Gasteiger partial charge in [-0.2, -0.15) is 0 Å². The number of carbonyl (C=O) groups excluding carboxylic acids is 2. The number of aryl methyl sites for hydroxylation is 1. The summed E-state index contributed by atoms with van der Waals surface area (Å²) in [6, 6.07) is 5.60. The van der Waals surface area contributed by atoms with Gasteiger partial charge in [0.25, 0.3) is 5.91 Å². The Hall–Kier alpha value is -2.09. The number of amides is 2. The minimum Gasteiger partial charge on any atom is -0.483 e. The highest BCUT2D eigenvalue weighted by molar-refractivity contribution is 9.10. The van der Waals surface area contributed by atoms with Crippen LogP contribution in [-0.4, -0.2) is 29.5 Å². The molecular formula is C18H23BrN2O5. The molecule has 1 aromatic rings. The normalized spacial score (nSPS) is 19.5. The maximum Gasteiger partial charge on any atom is 0.307 e. The van der Waals surface area contributed by atoms with Crippen LogP contribution in [0.2, 0.25) is 0 Å². The molecule has 8 heteroatoms. The van der Waals surface area contributed by atoms with Crippen molar-refractivity contribution in [3.63, 3.8) is 0 Å². The Labute approximate surface area is 160 Å². The second-order valence-corrected chi connectivity index (χ2v) is 7.13. The quantitative estimate of drug-likeness (QED) is 0.605. The Bertz CT molecular complexity index is 680. The lowest BCUT2D eigenvalue weighted by molar-refractivity contribution is -0.149. The number of nitrogens with one attached hydrogen (secondary N) is 2. The number of ether oxygens (including phenoxy) is 1. The summed E-state index contributed by atoms with van der Waals surface area (Å²) < 4.78 is 6.18. The third-order valence-electron chi connectivity index (χ3n) is 4.51. The lowest BCUT2D eigenvalue weighted by Gasteiger charge is -2.27. The summed E-state index contributed by atoms with van der Waals surface area (Å²) in [5.41, 5.74) is 5.73. The maximum absolute atomic E-state index is 12.2. The molecule has 0 aliphatic heterocycles. The van der Waals surface area contributed by atoms with E-state index < -0.39 is 29.6 Å². The number of aliphatic carboxylic acids is 1. The highest BCUT2D eigenvalue weighted by atomic mass is 79.9. The van der Waals surface area contributed by atoms with Crippen LogP contribution in [0.4, 0.5) is 0 Å². The van der Waals surface area contributed by atoms with Crippen LogP contribution in [-0.2, 0) is 20.8 Å². The average Bonchev–Trinajstić information content (AvgIpc) is 2.64. The molecule has 26 heavy (non-hydrogen) atoms. The van der Waals surface area contributed by atoms with Crippen LogP contribution in [0.15, 0.2) is 22.7 Å². The molecule has 2 rings (SSSR count). The number of carboxylic acid groups (broad SMARTS) is 1. The predicted octanol–water partition coefficient (Wildman–Crippen LogP) is 2.43. The van der Waals surface area contributed by atoms with Crippen LogP contribution in [0.5, 0.6) is 5.75 Å². The second-order valence-electron chi connectivity index (χ2n) is 6.28. The Kier molecular flexibility index (Phi) is 7.44. The molecule has 0 unspecified atom stereocenters. The van der Waals surface area contributed by atoms with Gasteiger partial charge in [0.05, 0.1) is 16.3 Å². The summed E-state index contributed by atoms with van der Waals surface area (Å²) in [5.74, 6) is -2.77. The molecule has 0 aromatic heterocycles. The van der Waals surface area contributed by atoms with Crippen LogP contribution < -0.4 is 15.6 Å². The summed E-state index contributed by atoms with van der Waals surface area (Å²) in [7, 11) is 0. The minimum absolute atomic E-state index is 0.266. The Balaban J connectivity index is 1.81. The molecule has 0 radical (unpaired) electrons. The zero-order valence-electron chi connectivity index (χ0n) is 14.6. The molecule has 0 heterocycles. The number of hydrogen-bond acceptors (Lipinski definition) is 4. The van der Waals surface area contributed by atoms with Gasteiger partial charge in [-0.1, -0.05) is 25.8 Å². The third kappa shape index (κ3) is 5.45. The van der Waals surface area contributed by atoms with E-state index in [9.17, 15) is 19.5 Å². The zero-order valence-corrected chi connectivity index (χ0v) is 16.2. The van der Waals surface area contributed by atoms with Gasteiger partial charge in [0.15, 0.2) is 6.61 Å². The van der Waals surface area contributed by atoms with E-state index in [0.717, 1.165) is 29.3 Å². The standard InChI is InChI=1S/C18H23BrN2O5/c1-2-11-7-8-15(14(19)9-11)26-10-16(22)20-21-17(23)12-5-3-4-6-13(12)18(24)25/h7-9,12-13H,2-6,10H2,1H3,(H,20,22)(H,21,23)(H,24,25)/t12-,13+/m1/s1. The molecular weight excluding hydrogens is 404 g/mol. The summed E-state index contributed by atoms with van der Waals surface area (Å²) in [6.07, 6.45) is 3.48. The number of hydrogen-bond donors (Lipinski definition) is 3. The van der Waals surface area contributed by atoms with Crippen molar-refractivity contribution in [3.05, 3.63) is 28.2 Å². The number of carbonyl (C=O) groups is 3. The fraction of sp³-hybridized carbons (Fsp3) is 0.500. The van der Waals surface area contributed by atoms with Gasteiger partial charge in [0.1, 0.15) is 5.75 Å². The number of rotatable bonds is 6. The molecule has 1 aliphatic carbocycles. The monoisotopic (exact) mass is 426 g/mol. The zero-order chi connectivity index (χ0) is 19.1. The number of benzene rings is 1. The Morgan fingerprint density at radius 1 is 1.19 bits per heavy atom. The van der Waals surface area contributed by atoms with Crippen LogP contribution in [0, 0.1) is 11.8 Å². The van der Waals surface area contributed by atoms with Crippen LogP contribution >= 0.6 is 15.9 Å². The highest BCUT2D eigenvalue weighted by Crippen LogP contribution is 2.30. The van der Waals surface area contributed by atoms with E-state index in [1.54, 1.807) is 6.07 Å². The molecule has 3 N–H and O–H groups in total. The van der Waals surface area contributed by atoms with Crippen molar-refractivity contribution in [1.82, 2.24) is 10.9 Å². The fourth-order valence-corrected chi connectivity index (χ4v) is 3.57. The average molecular weight is 427 g/mol. The van der Waals surface area contributed by atoms with E-state index in [1.165, 1.54) is 0 Å². The molecule has 1 fully saturated rings. The van der Waals surface area contributed by atoms with E-state index >= 15 is 0 Å².